The molecule has 3 aromatic carbocycles. The van der Waals surface area contributed by atoms with Crippen molar-refractivity contribution in [3.05, 3.63) is 98.4 Å². The van der Waals surface area contributed by atoms with Crippen LogP contribution in [0.15, 0.2) is 81.0 Å². The molecule has 4 rings (SSSR count). The molecule has 0 aromatic heterocycles. The lowest BCUT2D eigenvalue weighted by Crippen LogP contribution is -2.27. The number of rotatable bonds is 6. The van der Waals surface area contributed by atoms with E-state index in [2.05, 4.69) is 15.9 Å². The Bertz CT molecular complexity index is 1420. The molecule has 1 heterocycles. The highest BCUT2D eigenvalue weighted by molar-refractivity contribution is 9.10. The van der Waals surface area contributed by atoms with E-state index in [-0.39, 0.29) is 28.3 Å². The molecule has 1 aliphatic heterocycles. The van der Waals surface area contributed by atoms with Gasteiger partial charge in [0.2, 0.25) is 0 Å². The third-order valence-corrected chi connectivity index (χ3v) is 8.00. The molecule has 1 saturated heterocycles. The van der Waals surface area contributed by atoms with Crippen molar-refractivity contribution >= 4 is 55.0 Å². The van der Waals surface area contributed by atoms with Crippen LogP contribution in [0.1, 0.15) is 22.3 Å². The predicted octanol–water partition coefficient (Wildman–Crippen LogP) is 6.07. The van der Waals surface area contributed by atoms with Gasteiger partial charge in [-0.2, -0.15) is 8.42 Å². The number of carbonyl (C=O) groups excluding carboxylic acids is 2. The summed E-state index contributed by atoms with van der Waals surface area (Å²) in [6.07, 6.45) is 1.60. The number of hydrogen-bond donors (Lipinski definition) is 0. The van der Waals surface area contributed by atoms with Crippen molar-refractivity contribution in [2.24, 2.45) is 0 Å². The Kier molecular flexibility index (Phi) is 6.97. The highest BCUT2D eigenvalue weighted by atomic mass is 79.9. The SMILES string of the molecule is Cc1ccc(S(=O)(=O)Oc2ccc(/C=C3\SC(=O)N(Cc4ccccc4C)C3=O)cc2Br)cc1. The summed E-state index contributed by atoms with van der Waals surface area (Å²) in [5.74, 6) is -0.248. The zero-order valence-electron chi connectivity index (χ0n) is 18.3. The summed E-state index contributed by atoms with van der Waals surface area (Å²) in [4.78, 5) is 26.9. The first-order chi connectivity index (χ1) is 16.1. The summed E-state index contributed by atoms with van der Waals surface area (Å²) < 4.78 is 30.8. The predicted molar refractivity (Wildman–Crippen MR) is 136 cm³/mol. The minimum Gasteiger partial charge on any atom is -0.378 e. The van der Waals surface area contributed by atoms with Crippen LogP contribution < -0.4 is 4.18 Å². The highest BCUT2D eigenvalue weighted by Gasteiger charge is 2.35. The normalized spacial score (nSPS) is 15.3. The van der Waals surface area contributed by atoms with E-state index in [1.54, 1.807) is 30.3 Å². The van der Waals surface area contributed by atoms with Crippen molar-refractivity contribution < 1.29 is 22.2 Å². The van der Waals surface area contributed by atoms with E-state index in [4.69, 9.17) is 4.18 Å². The Morgan fingerprint density at radius 1 is 1.00 bits per heavy atom. The van der Waals surface area contributed by atoms with Crippen LogP contribution in [0.2, 0.25) is 0 Å². The van der Waals surface area contributed by atoms with Crippen molar-refractivity contribution in [3.8, 4) is 5.75 Å². The van der Waals surface area contributed by atoms with Gasteiger partial charge in [-0.15, -0.1) is 0 Å². The molecule has 34 heavy (non-hydrogen) atoms. The summed E-state index contributed by atoms with van der Waals surface area (Å²) in [6.45, 7) is 4.01. The fraction of sp³-hybridized carbons (Fsp3) is 0.120. The molecule has 3 aromatic rings. The lowest BCUT2D eigenvalue weighted by Gasteiger charge is -2.14. The summed E-state index contributed by atoms with van der Waals surface area (Å²) in [7, 11) is -4.00. The lowest BCUT2D eigenvalue weighted by atomic mass is 10.1. The largest absolute Gasteiger partial charge is 0.378 e. The van der Waals surface area contributed by atoms with Gasteiger partial charge in [0.1, 0.15) is 4.90 Å². The van der Waals surface area contributed by atoms with Gasteiger partial charge >= 0.3 is 10.1 Å². The first kappa shape index (κ1) is 24.3. The van der Waals surface area contributed by atoms with Gasteiger partial charge in [-0.1, -0.05) is 48.0 Å². The first-order valence-corrected chi connectivity index (χ1v) is 13.3. The minimum absolute atomic E-state index is 0.0522. The number of nitrogens with zero attached hydrogens (tertiary/aromatic N) is 1. The fourth-order valence-corrected chi connectivity index (χ4v) is 5.66. The summed E-state index contributed by atoms with van der Waals surface area (Å²) in [5.41, 5.74) is 3.47. The van der Waals surface area contributed by atoms with Gasteiger partial charge in [0, 0.05) is 0 Å². The summed E-state index contributed by atoms with van der Waals surface area (Å²) in [5, 5.41) is -0.331. The lowest BCUT2D eigenvalue weighted by molar-refractivity contribution is -0.123. The second kappa shape index (κ2) is 9.77. The maximum absolute atomic E-state index is 12.9. The molecule has 0 N–H and O–H groups in total. The van der Waals surface area contributed by atoms with E-state index in [0.29, 0.717) is 14.9 Å². The maximum Gasteiger partial charge on any atom is 0.339 e. The Balaban J connectivity index is 1.52. The van der Waals surface area contributed by atoms with Crippen LogP contribution in [0.3, 0.4) is 0 Å². The zero-order chi connectivity index (χ0) is 24.5. The van der Waals surface area contributed by atoms with Crippen LogP contribution in [0.4, 0.5) is 4.79 Å². The van der Waals surface area contributed by atoms with Gasteiger partial charge in [0.05, 0.1) is 15.9 Å². The fourth-order valence-electron chi connectivity index (χ4n) is 3.29. The molecule has 0 aliphatic carbocycles. The molecule has 9 heteroatoms. The number of halogens is 1. The van der Waals surface area contributed by atoms with Gasteiger partial charge < -0.3 is 4.18 Å². The molecular weight excluding hydrogens is 538 g/mol. The van der Waals surface area contributed by atoms with E-state index in [1.807, 2.05) is 38.1 Å². The molecule has 2 amide bonds. The topological polar surface area (TPSA) is 80.8 Å². The van der Waals surface area contributed by atoms with E-state index < -0.39 is 10.1 Å². The van der Waals surface area contributed by atoms with Gasteiger partial charge in [-0.05, 0) is 88.6 Å². The number of imide groups is 1. The average Bonchev–Trinajstić information content (AvgIpc) is 3.04. The average molecular weight is 558 g/mol. The van der Waals surface area contributed by atoms with Crippen LogP contribution in [-0.4, -0.2) is 24.5 Å². The minimum atomic E-state index is -4.00. The molecule has 0 bridgehead atoms. The molecule has 1 fully saturated rings. The number of carbonyl (C=O) groups is 2. The van der Waals surface area contributed by atoms with Crippen LogP contribution in [0.25, 0.3) is 6.08 Å². The molecule has 0 spiro atoms. The summed E-state index contributed by atoms with van der Waals surface area (Å²) >= 11 is 4.21. The zero-order valence-corrected chi connectivity index (χ0v) is 21.5. The molecule has 6 nitrogen and oxygen atoms in total. The smallest absolute Gasteiger partial charge is 0.339 e. The van der Waals surface area contributed by atoms with E-state index >= 15 is 0 Å². The number of thioether (sulfide) groups is 1. The number of aryl methyl sites for hydroxylation is 2. The monoisotopic (exact) mass is 557 g/mol. The van der Waals surface area contributed by atoms with E-state index in [1.165, 1.54) is 23.1 Å². The molecule has 0 radical (unpaired) electrons. The van der Waals surface area contributed by atoms with Crippen molar-refractivity contribution in [1.82, 2.24) is 4.90 Å². The van der Waals surface area contributed by atoms with Crippen LogP contribution >= 0.6 is 27.7 Å². The number of amides is 2. The molecular formula is C25H20BrNO5S2. The molecule has 0 atom stereocenters. The highest BCUT2D eigenvalue weighted by Crippen LogP contribution is 2.35. The maximum atomic E-state index is 12.9. The van der Waals surface area contributed by atoms with Crippen LogP contribution in [0.5, 0.6) is 5.75 Å². The Morgan fingerprint density at radius 3 is 2.38 bits per heavy atom. The molecule has 0 unspecified atom stereocenters. The number of hydrogen-bond acceptors (Lipinski definition) is 6. The van der Waals surface area contributed by atoms with Crippen LogP contribution in [-0.2, 0) is 21.5 Å². The van der Waals surface area contributed by atoms with Gasteiger partial charge in [0.15, 0.2) is 5.75 Å². The Hall–Kier alpha value is -2.88. The second-order valence-electron chi connectivity index (χ2n) is 7.73. The van der Waals surface area contributed by atoms with Crippen molar-refractivity contribution in [2.75, 3.05) is 0 Å². The van der Waals surface area contributed by atoms with E-state index in [0.717, 1.165) is 28.5 Å². The summed E-state index contributed by atoms with van der Waals surface area (Å²) in [6, 6.07) is 18.7. The van der Waals surface area contributed by atoms with Gasteiger partial charge in [-0.3, -0.25) is 14.5 Å². The molecule has 174 valence electrons. The van der Waals surface area contributed by atoms with Crippen molar-refractivity contribution in [3.63, 3.8) is 0 Å². The molecule has 1 aliphatic rings. The number of benzene rings is 3. The van der Waals surface area contributed by atoms with Gasteiger partial charge in [0.25, 0.3) is 11.1 Å². The second-order valence-corrected chi connectivity index (χ2v) is 11.1. The van der Waals surface area contributed by atoms with Crippen molar-refractivity contribution in [2.45, 2.75) is 25.3 Å². The van der Waals surface area contributed by atoms with Crippen LogP contribution in [0, 0.1) is 13.8 Å². The third-order valence-electron chi connectivity index (χ3n) is 5.23. The third kappa shape index (κ3) is 5.27. The Labute approximate surface area is 210 Å². The standard InChI is InChI=1S/C25H20BrNO5S2/c1-16-7-10-20(11-8-16)34(30,31)32-22-12-9-18(13-21(22)26)14-23-24(28)27(25(29)33-23)15-19-6-4-3-5-17(19)2/h3-14H,15H2,1-2H3/b23-14-. The van der Waals surface area contributed by atoms with Crippen molar-refractivity contribution in [1.29, 1.82) is 0 Å². The van der Waals surface area contributed by atoms with E-state index in [9.17, 15) is 18.0 Å². The Morgan fingerprint density at radius 2 is 1.71 bits per heavy atom. The molecule has 0 saturated carbocycles. The first-order valence-electron chi connectivity index (χ1n) is 10.2. The van der Waals surface area contributed by atoms with Gasteiger partial charge in [-0.25, -0.2) is 0 Å². The quantitative estimate of drug-likeness (QED) is 0.270.